The molecule has 0 radical (unpaired) electrons. The minimum atomic E-state index is -0.448. The summed E-state index contributed by atoms with van der Waals surface area (Å²) in [6, 6.07) is 7.63. The number of nitrogens with zero attached hydrogens (tertiary/aromatic N) is 5. The molecular formula is C11H9N5O2S. The second kappa shape index (κ2) is 5.21. The Bertz CT molecular complexity index is 663. The van der Waals surface area contributed by atoms with Crippen LogP contribution in [0.15, 0.2) is 54.6 Å². The summed E-state index contributed by atoms with van der Waals surface area (Å²) in [6.07, 6.45) is 1.96. The molecule has 0 unspecified atom stereocenters. The number of hydrogen-bond acceptors (Lipinski definition) is 6. The molecule has 2 aliphatic heterocycles. The van der Waals surface area contributed by atoms with Gasteiger partial charge in [0.15, 0.2) is 5.84 Å². The lowest BCUT2D eigenvalue weighted by molar-refractivity contribution is -0.111. The molecular weight excluding hydrogens is 266 g/mol. The molecule has 96 valence electrons. The number of carbonyl (C=O) groups is 1. The van der Waals surface area contributed by atoms with Crippen LogP contribution in [0.25, 0.3) is 0 Å². The Hall–Kier alpha value is -2.19. The van der Waals surface area contributed by atoms with E-state index in [9.17, 15) is 4.79 Å². The molecule has 3 rings (SSSR count). The average Bonchev–Trinajstić information content (AvgIpc) is 2.87. The number of benzene rings is 1. The number of aliphatic imine (C=N–C) groups is 2. The maximum absolute atomic E-state index is 11.7. The zero-order chi connectivity index (χ0) is 12.5. The minimum Gasteiger partial charge on any atom is -0.412 e. The van der Waals surface area contributed by atoms with Crippen molar-refractivity contribution in [3.05, 3.63) is 29.8 Å². The summed E-state index contributed by atoms with van der Waals surface area (Å²) < 4.78 is 0. The van der Waals surface area contributed by atoms with E-state index in [-0.39, 0.29) is 17.0 Å². The standard InChI is InChI=1S/C11H7N5OS.H2O/c1-18-7-5-3-2-4-6(7)9-12-10-8(11(17)13-9)14-16-15-10;/h2-5H,1H3;1H2. The zero-order valence-corrected chi connectivity index (χ0v) is 10.7. The smallest absolute Gasteiger partial charge is 0.303 e. The highest BCUT2D eigenvalue weighted by Crippen LogP contribution is 2.22. The first-order chi connectivity index (χ1) is 8.79. The van der Waals surface area contributed by atoms with Crippen LogP contribution in [0.5, 0.6) is 0 Å². The lowest BCUT2D eigenvalue weighted by Crippen LogP contribution is -2.26. The SMILES string of the molecule is CSc1ccccc1C1=NC(=O)C2=NN=NC2=N1.O. The number of thioether (sulfide) groups is 1. The largest absolute Gasteiger partial charge is 0.412 e. The van der Waals surface area contributed by atoms with Crippen molar-refractivity contribution in [1.29, 1.82) is 0 Å². The molecule has 0 aromatic heterocycles. The molecule has 2 N–H and O–H groups in total. The molecule has 0 aliphatic carbocycles. The Kier molecular flexibility index (Phi) is 3.63. The Morgan fingerprint density at radius 1 is 1.11 bits per heavy atom. The maximum atomic E-state index is 11.7. The monoisotopic (exact) mass is 275 g/mol. The van der Waals surface area contributed by atoms with Gasteiger partial charge in [-0.05, 0) is 17.5 Å². The molecule has 0 bridgehead atoms. The number of fused-ring (bicyclic) bond motifs is 1. The number of carbonyl (C=O) groups excluding carboxylic acids is 1. The van der Waals surface area contributed by atoms with Crippen LogP contribution in [0, 0.1) is 0 Å². The van der Waals surface area contributed by atoms with Crippen LogP contribution in [0.1, 0.15) is 5.56 Å². The van der Waals surface area contributed by atoms with E-state index in [1.807, 2.05) is 30.5 Å². The topological polar surface area (TPSA) is 110 Å². The van der Waals surface area contributed by atoms with Crippen LogP contribution in [-0.2, 0) is 4.79 Å². The second-order valence-corrected chi connectivity index (χ2v) is 4.36. The molecule has 19 heavy (non-hydrogen) atoms. The van der Waals surface area contributed by atoms with Crippen molar-refractivity contribution < 1.29 is 10.3 Å². The fourth-order valence-corrected chi connectivity index (χ4v) is 2.23. The summed E-state index contributed by atoms with van der Waals surface area (Å²) in [7, 11) is 0. The van der Waals surface area contributed by atoms with Crippen LogP contribution in [0.4, 0.5) is 0 Å². The van der Waals surface area contributed by atoms with Crippen molar-refractivity contribution in [3.8, 4) is 0 Å². The second-order valence-electron chi connectivity index (χ2n) is 3.51. The van der Waals surface area contributed by atoms with Crippen molar-refractivity contribution in [1.82, 2.24) is 0 Å². The van der Waals surface area contributed by atoms with Crippen molar-refractivity contribution in [3.63, 3.8) is 0 Å². The van der Waals surface area contributed by atoms with Crippen LogP contribution < -0.4 is 0 Å². The highest BCUT2D eigenvalue weighted by Gasteiger charge is 2.28. The molecule has 0 saturated carbocycles. The minimum absolute atomic E-state index is 0. The van der Waals surface area contributed by atoms with Gasteiger partial charge in [0, 0.05) is 10.5 Å². The van der Waals surface area contributed by atoms with Gasteiger partial charge in [-0.3, -0.25) is 4.79 Å². The van der Waals surface area contributed by atoms with Crippen molar-refractivity contribution in [2.45, 2.75) is 4.90 Å². The van der Waals surface area contributed by atoms with E-state index in [4.69, 9.17) is 0 Å². The molecule has 0 saturated heterocycles. The Labute approximate surface area is 112 Å². The Morgan fingerprint density at radius 3 is 2.68 bits per heavy atom. The third kappa shape index (κ3) is 2.23. The maximum Gasteiger partial charge on any atom is 0.303 e. The van der Waals surface area contributed by atoms with Gasteiger partial charge in [-0.25, -0.2) is 4.99 Å². The highest BCUT2D eigenvalue weighted by atomic mass is 32.2. The highest BCUT2D eigenvalue weighted by molar-refractivity contribution is 7.98. The van der Waals surface area contributed by atoms with E-state index in [2.05, 4.69) is 25.4 Å². The first-order valence-corrected chi connectivity index (χ1v) is 6.36. The van der Waals surface area contributed by atoms with E-state index >= 15 is 0 Å². The summed E-state index contributed by atoms with van der Waals surface area (Å²) in [5, 5.41) is 10.7. The molecule has 0 fully saturated rings. The fraction of sp³-hybridized carbons (Fsp3) is 0.0909. The van der Waals surface area contributed by atoms with E-state index < -0.39 is 5.91 Å². The summed E-state index contributed by atoms with van der Waals surface area (Å²) >= 11 is 1.57. The third-order valence-electron chi connectivity index (χ3n) is 2.47. The van der Waals surface area contributed by atoms with Gasteiger partial charge >= 0.3 is 5.91 Å². The number of amides is 1. The predicted molar refractivity (Wildman–Crippen MR) is 73.1 cm³/mol. The number of hydrogen-bond donors (Lipinski definition) is 0. The Balaban J connectivity index is 0.00000133. The van der Waals surface area contributed by atoms with E-state index in [0.717, 1.165) is 10.5 Å². The molecule has 2 aliphatic rings. The lowest BCUT2D eigenvalue weighted by atomic mass is 10.2. The summed E-state index contributed by atoms with van der Waals surface area (Å²) in [5.41, 5.74) is 0.924. The molecule has 1 aromatic carbocycles. The van der Waals surface area contributed by atoms with Gasteiger partial charge in [-0.1, -0.05) is 18.2 Å². The fourth-order valence-electron chi connectivity index (χ4n) is 1.64. The van der Waals surface area contributed by atoms with Gasteiger partial charge in [-0.2, -0.15) is 4.99 Å². The summed E-state index contributed by atoms with van der Waals surface area (Å²) in [6.45, 7) is 0. The van der Waals surface area contributed by atoms with Crippen molar-refractivity contribution in [2.24, 2.45) is 25.4 Å². The van der Waals surface area contributed by atoms with Gasteiger partial charge in [0.05, 0.1) is 0 Å². The Morgan fingerprint density at radius 2 is 1.89 bits per heavy atom. The lowest BCUT2D eigenvalue weighted by Gasteiger charge is -2.09. The van der Waals surface area contributed by atoms with Gasteiger partial charge in [0.25, 0.3) is 0 Å². The predicted octanol–water partition coefficient (Wildman–Crippen LogP) is 1.09. The van der Waals surface area contributed by atoms with E-state index in [1.54, 1.807) is 11.8 Å². The summed E-state index contributed by atoms with van der Waals surface area (Å²) in [4.78, 5) is 20.9. The first kappa shape index (κ1) is 13.2. The summed E-state index contributed by atoms with van der Waals surface area (Å²) in [5.74, 6) is 0.150. The van der Waals surface area contributed by atoms with Gasteiger partial charge in [0.2, 0.25) is 11.5 Å². The van der Waals surface area contributed by atoms with Crippen molar-refractivity contribution in [2.75, 3.05) is 6.26 Å². The molecule has 1 aromatic rings. The first-order valence-electron chi connectivity index (χ1n) is 5.14. The molecule has 7 nitrogen and oxygen atoms in total. The van der Waals surface area contributed by atoms with E-state index in [1.165, 1.54) is 0 Å². The van der Waals surface area contributed by atoms with Crippen molar-refractivity contribution >= 4 is 35.1 Å². The normalized spacial score (nSPS) is 16.3. The van der Waals surface area contributed by atoms with Gasteiger partial charge in [-0.15, -0.1) is 22.0 Å². The molecule has 2 heterocycles. The zero-order valence-electron chi connectivity index (χ0n) is 9.86. The van der Waals surface area contributed by atoms with Gasteiger partial charge < -0.3 is 5.48 Å². The van der Waals surface area contributed by atoms with Crippen LogP contribution >= 0.6 is 11.8 Å². The molecule has 8 heteroatoms. The number of rotatable bonds is 2. The average molecular weight is 275 g/mol. The molecule has 0 spiro atoms. The van der Waals surface area contributed by atoms with Crippen LogP contribution in [-0.4, -0.2) is 35.0 Å². The van der Waals surface area contributed by atoms with Gasteiger partial charge in [0.1, 0.15) is 0 Å². The van der Waals surface area contributed by atoms with Crippen LogP contribution in [0.3, 0.4) is 0 Å². The molecule has 1 amide bonds. The molecule has 0 atom stereocenters. The quantitative estimate of drug-likeness (QED) is 0.752. The van der Waals surface area contributed by atoms with E-state index in [0.29, 0.717) is 5.84 Å². The van der Waals surface area contributed by atoms with Crippen LogP contribution in [0.2, 0.25) is 0 Å². The third-order valence-corrected chi connectivity index (χ3v) is 3.26. The number of amidine groups is 2.